The highest BCUT2D eigenvalue weighted by Crippen LogP contribution is 2.20. The lowest BCUT2D eigenvalue weighted by Gasteiger charge is -2.12. The van der Waals surface area contributed by atoms with Gasteiger partial charge in [-0.3, -0.25) is 9.59 Å². The molecular weight excluding hydrogens is 358 g/mol. The smallest absolute Gasteiger partial charge is 0.246 e. The maximum Gasteiger partial charge on any atom is 0.246 e. The summed E-state index contributed by atoms with van der Waals surface area (Å²) >= 11 is 0. The van der Waals surface area contributed by atoms with Crippen molar-refractivity contribution in [2.75, 3.05) is 10.6 Å². The molecule has 0 radical (unpaired) electrons. The molecule has 1 aliphatic heterocycles. The molecule has 0 bridgehead atoms. The zero-order valence-corrected chi connectivity index (χ0v) is 15.2. The zero-order chi connectivity index (χ0) is 19.5. The predicted molar refractivity (Wildman–Crippen MR) is 103 cm³/mol. The van der Waals surface area contributed by atoms with Gasteiger partial charge >= 0.3 is 0 Å². The van der Waals surface area contributed by atoms with E-state index >= 15 is 0 Å². The SMILES string of the molecule is Cc1nc(Nc2ccc(NC(=O)C3CCC(=O)N3)cc2)cc(-n2cccn2)n1. The Kier molecular flexibility index (Phi) is 4.71. The fourth-order valence-electron chi connectivity index (χ4n) is 2.96. The molecule has 142 valence electrons. The van der Waals surface area contributed by atoms with Crippen LogP contribution in [-0.2, 0) is 9.59 Å². The van der Waals surface area contributed by atoms with Crippen molar-refractivity contribution < 1.29 is 9.59 Å². The molecule has 1 fully saturated rings. The minimum atomic E-state index is -0.463. The standard InChI is InChI=1S/C19H19N7O2/c1-12-21-16(11-17(22-12)26-10-2-9-20-26)23-13-3-5-14(6-4-13)24-19(28)15-7-8-18(27)25-15/h2-6,9-11,15H,7-8H2,1H3,(H,24,28)(H,25,27)(H,21,22,23). The molecule has 1 unspecified atom stereocenters. The quantitative estimate of drug-likeness (QED) is 0.626. The number of aryl methyl sites for hydroxylation is 1. The molecule has 0 spiro atoms. The van der Waals surface area contributed by atoms with E-state index < -0.39 is 6.04 Å². The summed E-state index contributed by atoms with van der Waals surface area (Å²) in [6.07, 6.45) is 4.42. The van der Waals surface area contributed by atoms with Gasteiger partial charge in [0.1, 0.15) is 17.7 Å². The summed E-state index contributed by atoms with van der Waals surface area (Å²) in [7, 11) is 0. The number of amides is 2. The van der Waals surface area contributed by atoms with Crippen LogP contribution >= 0.6 is 0 Å². The molecular formula is C19H19N7O2. The predicted octanol–water partition coefficient (Wildman–Crippen LogP) is 1.93. The Morgan fingerprint density at radius 3 is 2.68 bits per heavy atom. The van der Waals surface area contributed by atoms with Crippen molar-refractivity contribution in [2.45, 2.75) is 25.8 Å². The Bertz CT molecular complexity index is 1000. The molecule has 3 aromatic rings. The van der Waals surface area contributed by atoms with Crippen LogP contribution in [0.1, 0.15) is 18.7 Å². The molecule has 0 saturated carbocycles. The Morgan fingerprint density at radius 1 is 1.21 bits per heavy atom. The van der Waals surface area contributed by atoms with Gasteiger partial charge in [-0.2, -0.15) is 5.10 Å². The van der Waals surface area contributed by atoms with Crippen molar-refractivity contribution in [2.24, 2.45) is 0 Å². The number of rotatable bonds is 5. The number of nitrogens with one attached hydrogen (secondary N) is 3. The second kappa shape index (κ2) is 7.47. The van der Waals surface area contributed by atoms with Crippen LogP contribution in [0.15, 0.2) is 48.8 Å². The van der Waals surface area contributed by atoms with Gasteiger partial charge in [-0.05, 0) is 43.7 Å². The summed E-state index contributed by atoms with van der Waals surface area (Å²) in [5.74, 6) is 1.64. The fraction of sp³-hybridized carbons (Fsp3) is 0.211. The minimum Gasteiger partial charge on any atom is -0.344 e. The van der Waals surface area contributed by atoms with Crippen LogP contribution in [0.4, 0.5) is 17.2 Å². The Morgan fingerprint density at radius 2 is 2.00 bits per heavy atom. The van der Waals surface area contributed by atoms with Crippen molar-refractivity contribution in [1.82, 2.24) is 25.1 Å². The highest BCUT2D eigenvalue weighted by Gasteiger charge is 2.27. The maximum absolute atomic E-state index is 12.2. The summed E-state index contributed by atoms with van der Waals surface area (Å²) in [6, 6.07) is 10.4. The lowest BCUT2D eigenvalue weighted by molar-refractivity contribution is -0.122. The molecule has 9 heteroatoms. The number of nitrogens with zero attached hydrogens (tertiary/aromatic N) is 4. The fourth-order valence-corrected chi connectivity index (χ4v) is 2.96. The van der Waals surface area contributed by atoms with Gasteiger partial charge in [0, 0.05) is 36.3 Å². The van der Waals surface area contributed by atoms with E-state index in [0.29, 0.717) is 36.0 Å². The summed E-state index contributed by atoms with van der Waals surface area (Å²) in [5.41, 5.74) is 1.48. The molecule has 0 aliphatic carbocycles. The summed E-state index contributed by atoms with van der Waals surface area (Å²) in [5, 5.41) is 12.9. The van der Waals surface area contributed by atoms with E-state index in [-0.39, 0.29) is 11.8 Å². The lowest BCUT2D eigenvalue weighted by atomic mass is 10.2. The zero-order valence-electron chi connectivity index (χ0n) is 15.2. The first kappa shape index (κ1) is 17.7. The first-order valence-corrected chi connectivity index (χ1v) is 8.90. The van der Waals surface area contributed by atoms with E-state index in [9.17, 15) is 9.59 Å². The van der Waals surface area contributed by atoms with Crippen LogP contribution in [0.5, 0.6) is 0 Å². The molecule has 4 rings (SSSR count). The largest absolute Gasteiger partial charge is 0.344 e. The van der Waals surface area contributed by atoms with Crippen molar-refractivity contribution in [3.05, 3.63) is 54.6 Å². The minimum absolute atomic E-state index is 0.0886. The van der Waals surface area contributed by atoms with E-state index in [0.717, 1.165) is 5.69 Å². The number of benzene rings is 1. The Hall–Kier alpha value is -3.75. The second-order valence-electron chi connectivity index (χ2n) is 6.46. The van der Waals surface area contributed by atoms with Gasteiger partial charge in [-0.1, -0.05) is 0 Å². The van der Waals surface area contributed by atoms with E-state index in [1.54, 1.807) is 29.1 Å². The molecule has 1 aliphatic rings. The van der Waals surface area contributed by atoms with Gasteiger partial charge in [0.25, 0.3) is 0 Å². The summed E-state index contributed by atoms with van der Waals surface area (Å²) < 4.78 is 1.67. The Balaban J connectivity index is 1.43. The first-order chi connectivity index (χ1) is 13.6. The molecule has 3 heterocycles. The Labute approximate surface area is 161 Å². The van der Waals surface area contributed by atoms with E-state index in [1.807, 2.05) is 31.3 Å². The average molecular weight is 377 g/mol. The third-order valence-electron chi connectivity index (χ3n) is 4.30. The van der Waals surface area contributed by atoms with Crippen molar-refractivity contribution in [3.8, 4) is 5.82 Å². The van der Waals surface area contributed by atoms with Crippen LogP contribution in [0.25, 0.3) is 5.82 Å². The van der Waals surface area contributed by atoms with Crippen molar-refractivity contribution in [3.63, 3.8) is 0 Å². The third-order valence-corrected chi connectivity index (χ3v) is 4.30. The normalized spacial score (nSPS) is 15.9. The van der Waals surface area contributed by atoms with Crippen molar-refractivity contribution >= 4 is 29.0 Å². The number of carbonyl (C=O) groups is 2. The molecule has 28 heavy (non-hydrogen) atoms. The number of hydrogen-bond acceptors (Lipinski definition) is 6. The van der Waals surface area contributed by atoms with Crippen molar-refractivity contribution in [1.29, 1.82) is 0 Å². The number of hydrogen-bond donors (Lipinski definition) is 3. The van der Waals surface area contributed by atoms with Crippen LogP contribution in [-0.4, -0.2) is 37.6 Å². The third kappa shape index (κ3) is 3.98. The second-order valence-corrected chi connectivity index (χ2v) is 6.46. The van der Waals surface area contributed by atoms with Crippen LogP contribution < -0.4 is 16.0 Å². The first-order valence-electron chi connectivity index (χ1n) is 8.90. The van der Waals surface area contributed by atoms with Gasteiger partial charge in [0.2, 0.25) is 11.8 Å². The van der Waals surface area contributed by atoms with Gasteiger partial charge in [0.05, 0.1) is 0 Å². The van der Waals surface area contributed by atoms with Crippen LogP contribution in [0, 0.1) is 6.92 Å². The molecule has 2 aromatic heterocycles. The maximum atomic E-state index is 12.2. The number of anilines is 3. The molecule has 3 N–H and O–H groups in total. The van der Waals surface area contributed by atoms with E-state index in [4.69, 9.17) is 0 Å². The molecule has 1 saturated heterocycles. The lowest BCUT2D eigenvalue weighted by Crippen LogP contribution is -2.37. The summed E-state index contributed by atoms with van der Waals surface area (Å²) in [4.78, 5) is 32.2. The topological polar surface area (TPSA) is 114 Å². The highest BCUT2D eigenvalue weighted by atomic mass is 16.2. The average Bonchev–Trinajstić information content (AvgIpc) is 3.35. The van der Waals surface area contributed by atoms with Gasteiger partial charge < -0.3 is 16.0 Å². The van der Waals surface area contributed by atoms with Gasteiger partial charge in [-0.15, -0.1) is 0 Å². The molecule has 9 nitrogen and oxygen atoms in total. The molecule has 1 atom stereocenters. The molecule has 2 amide bonds. The van der Waals surface area contributed by atoms with Crippen LogP contribution in [0.2, 0.25) is 0 Å². The highest BCUT2D eigenvalue weighted by molar-refractivity contribution is 5.99. The molecule has 1 aromatic carbocycles. The van der Waals surface area contributed by atoms with Gasteiger partial charge in [-0.25, -0.2) is 14.6 Å². The summed E-state index contributed by atoms with van der Waals surface area (Å²) in [6.45, 7) is 1.82. The van der Waals surface area contributed by atoms with E-state index in [2.05, 4.69) is 31.0 Å². The van der Waals surface area contributed by atoms with Crippen LogP contribution in [0.3, 0.4) is 0 Å². The number of aromatic nitrogens is 4. The van der Waals surface area contributed by atoms with E-state index in [1.165, 1.54) is 0 Å². The van der Waals surface area contributed by atoms with Gasteiger partial charge in [0.15, 0.2) is 5.82 Å². The monoisotopic (exact) mass is 377 g/mol. The number of carbonyl (C=O) groups excluding carboxylic acids is 2.